The van der Waals surface area contributed by atoms with E-state index >= 15 is 0 Å². The smallest absolute Gasteiger partial charge is 0.329 e. The predicted octanol–water partition coefficient (Wildman–Crippen LogP) is 0.925. The number of likely N-dealkylation sites (N-methyl/N-ethyl adjacent to an activating group) is 1. The van der Waals surface area contributed by atoms with Gasteiger partial charge in [-0.2, -0.15) is 4.98 Å². The molecule has 3 N–H and O–H groups in total. The van der Waals surface area contributed by atoms with Crippen molar-refractivity contribution in [3.8, 4) is 5.75 Å². The van der Waals surface area contributed by atoms with E-state index in [0.717, 1.165) is 25.2 Å². The van der Waals surface area contributed by atoms with Crippen LogP contribution in [0.3, 0.4) is 0 Å². The number of aliphatic hydroxyl groups excluding tert-OH is 1. The van der Waals surface area contributed by atoms with Gasteiger partial charge in [-0.05, 0) is 31.6 Å². The molecule has 2 heterocycles. The van der Waals surface area contributed by atoms with Gasteiger partial charge in [0.2, 0.25) is 5.95 Å². The minimum atomic E-state index is -0.896. The Morgan fingerprint density at radius 1 is 1.25 bits per heavy atom. The third kappa shape index (κ3) is 5.20. The van der Waals surface area contributed by atoms with Crippen molar-refractivity contribution in [2.24, 2.45) is 7.05 Å². The number of nitrogens with zero attached hydrogens (tertiary/aromatic N) is 4. The molecule has 0 saturated carbocycles. The van der Waals surface area contributed by atoms with E-state index in [4.69, 9.17) is 4.74 Å². The van der Waals surface area contributed by atoms with Crippen LogP contribution in [0.5, 0.6) is 5.75 Å². The number of hydrogen-bond acceptors (Lipinski definition) is 7. The number of anilines is 1. The summed E-state index contributed by atoms with van der Waals surface area (Å²) in [7, 11) is 1.55. The van der Waals surface area contributed by atoms with Gasteiger partial charge in [0, 0.05) is 20.1 Å². The van der Waals surface area contributed by atoms with Gasteiger partial charge in [-0.3, -0.25) is 14.3 Å². The van der Waals surface area contributed by atoms with Crippen LogP contribution in [0.4, 0.5) is 5.95 Å². The van der Waals surface area contributed by atoms with E-state index in [2.05, 4.69) is 34.0 Å². The van der Waals surface area contributed by atoms with Crippen molar-refractivity contribution in [3.63, 3.8) is 0 Å². The SMILES string of the molecule is CCN(CC)CCNc1nc2c(c(=O)[nH]c(=O)n2C)n1CC(O)COc1ccccc1C. The Morgan fingerprint density at radius 2 is 1.97 bits per heavy atom. The summed E-state index contributed by atoms with van der Waals surface area (Å²) in [4.78, 5) is 33.7. The molecule has 0 aliphatic heterocycles. The first kappa shape index (κ1) is 23.6. The van der Waals surface area contributed by atoms with Crippen molar-refractivity contribution in [2.45, 2.75) is 33.4 Å². The number of benzene rings is 1. The van der Waals surface area contributed by atoms with Crippen LogP contribution in [0.25, 0.3) is 11.2 Å². The maximum absolute atomic E-state index is 12.6. The Bertz CT molecular complexity index is 1160. The Morgan fingerprint density at radius 3 is 2.66 bits per heavy atom. The van der Waals surface area contributed by atoms with Crippen LogP contribution in [-0.2, 0) is 13.6 Å². The predicted molar refractivity (Wildman–Crippen MR) is 125 cm³/mol. The van der Waals surface area contributed by atoms with Gasteiger partial charge in [0.05, 0.1) is 6.54 Å². The molecule has 0 aliphatic carbocycles. The Kier molecular flexibility index (Phi) is 7.70. The Labute approximate surface area is 186 Å². The highest BCUT2D eigenvalue weighted by Gasteiger charge is 2.20. The minimum absolute atomic E-state index is 0.0487. The molecule has 2 aromatic heterocycles. The Hall–Kier alpha value is -3.11. The van der Waals surface area contributed by atoms with E-state index in [1.165, 1.54) is 4.57 Å². The zero-order valence-corrected chi connectivity index (χ0v) is 19.1. The molecule has 3 rings (SSSR count). The van der Waals surface area contributed by atoms with Crippen LogP contribution >= 0.6 is 0 Å². The van der Waals surface area contributed by atoms with E-state index in [1.54, 1.807) is 11.6 Å². The number of aryl methyl sites for hydroxylation is 2. The topological polar surface area (TPSA) is 117 Å². The maximum Gasteiger partial charge on any atom is 0.329 e. The molecule has 0 bridgehead atoms. The molecule has 1 unspecified atom stereocenters. The molecule has 0 amide bonds. The molecule has 10 heteroatoms. The van der Waals surface area contributed by atoms with Gasteiger partial charge in [0.25, 0.3) is 5.56 Å². The van der Waals surface area contributed by atoms with Gasteiger partial charge in [-0.15, -0.1) is 0 Å². The van der Waals surface area contributed by atoms with Gasteiger partial charge >= 0.3 is 5.69 Å². The summed E-state index contributed by atoms with van der Waals surface area (Å²) in [6.45, 7) is 9.51. The van der Waals surface area contributed by atoms with Crippen molar-refractivity contribution < 1.29 is 9.84 Å². The third-order valence-corrected chi connectivity index (χ3v) is 5.53. The first-order valence-corrected chi connectivity index (χ1v) is 10.9. The number of aromatic nitrogens is 4. The molecule has 32 heavy (non-hydrogen) atoms. The molecule has 0 radical (unpaired) electrons. The second-order valence-corrected chi connectivity index (χ2v) is 7.72. The highest BCUT2D eigenvalue weighted by molar-refractivity contribution is 5.74. The summed E-state index contributed by atoms with van der Waals surface area (Å²) < 4.78 is 8.67. The number of nitrogens with one attached hydrogen (secondary N) is 2. The van der Waals surface area contributed by atoms with Crippen LogP contribution < -0.4 is 21.3 Å². The molecular formula is C22H32N6O4. The molecule has 1 atom stereocenters. The van der Waals surface area contributed by atoms with Crippen LogP contribution in [0, 0.1) is 6.92 Å². The number of aromatic amines is 1. The van der Waals surface area contributed by atoms with E-state index in [-0.39, 0.29) is 24.3 Å². The lowest BCUT2D eigenvalue weighted by molar-refractivity contribution is 0.0935. The van der Waals surface area contributed by atoms with E-state index in [0.29, 0.717) is 18.2 Å². The van der Waals surface area contributed by atoms with Crippen LogP contribution in [0.2, 0.25) is 0 Å². The van der Waals surface area contributed by atoms with Gasteiger partial charge in [-0.25, -0.2) is 4.79 Å². The average molecular weight is 445 g/mol. The second-order valence-electron chi connectivity index (χ2n) is 7.72. The molecule has 0 aliphatic rings. The molecule has 0 spiro atoms. The number of hydrogen-bond donors (Lipinski definition) is 3. The Balaban J connectivity index is 1.85. The van der Waals surface area contributed by atoms with Gasteiger partial charge in [0.1, 0.15) is 18.5 Å². The normalized spacial score (nSPS) is 12.4. The fraction of sp³-hybridized carbons (Fsp3) is 0.500. The molecule has 3 aromatic rings. The lowest BCUT2D eigenvalue weighted by Gasteiger charge is -2.19. The molecular weight excluding hydrogens is 412 g/mol. The summed E-state index contributed by atoms with van der Waals surface area (Å²) in [6.07, 6.45) is -0.896. The molecule has 1 aromatic carbocycles. The number of para-hydroxylation sites is 1. The summed E-state index contributed by atoms with van der Waals surface area (Å²) in [5.74, 6) is 1.12. The van der Waals surface area contributed by atoms with Gasteiger partial charge < -0.3 is 24.6 Å². The van der Waals surface area contributed by atoms with Crippen LogP contribution in [-0.4, -0.2) is 68.0 Å². The standard InChI is InChI=1S/C22H32N6O4/c1-5-27(6-2)12-11-23-21-24-19-18(20(30)25-22(31)26(19)4)28(21)13-16(29)14-32-17-10-8-7-9-15(17)3/h7-10,16,29H,5-6,11-14H2,1-4H3,(H,23,24)(H,25,30,31). The van der Waals surface area contributed by atoms with Crippen molar-refractivity contribution in [2.75, 3.05) is 38.1 Å². The summed E-state index contributed by atoms with van der Waals surface area (Å²) in [5, 5.41) is 13.9. The summed E-state index contributed by atoms with van der Waals surface area (Å²) in [6, 6.07) is 7.57. The zero-order valence-electron chi connectivity index (χ0n) is 19.1. The number of H-pyrrole nitrogens is 1. The monoisotopic (exact) mass is 444 g/mol. The fourth-order valence-corrected chi connectivity index (χ4v) is 3.58. The first-order valence-electron chi connectivity index (χ1n) is 10.9. The minimum Gasteiger partial charge on any atom is -0.491 e. The molecule has 174 valence electrons. The first-order chi connectivity index (χ1) is 15.3. The number of imidazole rings is 1. The van der Waals surface area contributed by atoms with E-state index in [1.807, 2.05) is 31.2 Å². The quantitative estimate of drug-likeness (QED) is 0.403. The number of fused-ring (bicyclic) bond motifs is 1. The summed E-state index contributed by atoms with van der Waals surface area (Å²) >= 11 is 0. The van der Waals surface area contributed by atoms with Crippen molar-refractivity contribution in [3.05, 3.63) is 50.7 Å². The highest BCUT2D eigenvalue weighted by Crippen LogP contribution is 2.18. The van der Waals surface area contributed by atoms with Gasteiger partial charge in [-0.1, -0.05) is 32.0 Å². The third-order valence-electron chi connectivity index (χ3n) is 5.53. The number of rotatable bonds is 11. The summed E-state index contributed by atoms with van der Waals surface area (Å²) in [5.41, 5.74) is 0.381. The number of aliphatic hydroxyl groups is 1. The highest BCUT2D eigenvalue weighted by atomic mass is 16.5. The second kappa shape index (κ2) is 10.5. The lowest BCUT2D eigenvalue weighted by atomic mass is 10.2. The lowest BCUT2D eigenvalue weighted by Crippen LogP contribution is -2.31. The largest absolute Gasteiger partial charge is 0.491 e. The van der Waals surface area contributed by atoms with Crippen LogP contribution in [0.1, 0.15) is 19.4 Å². The molecule has 10 nitrogen and oxygen atoms in total. The van der Waals surface area contributed by atoms with Crippen molar-refractivity contribution in [1.29, 1.82) is 0 Å². The number of ether oxygens (including phenoxy) is 1. The average Bonchev–Trinajstić information content (AvgIpc) is 3.13. The van der Waals surface area contributed by atoms with E-state index in [9.17, 15) is 14.7 Å². The van der Waals surface area contributed by atoms with Gasteiger partial charge in [0.15, 0.2) is 11.2 Å². The van der Waals surface area contributed by atoms with E-state index < -0.39 is 17.4 Å². The fourth-order valence-electron chi connectivity index (χ4n) is 3.58. The zero-order chi connectivity index (χ0) is 23.3. The maximum atomic E-state index is 12.6. The molecule has 0 fully saturated rings. The van der Waals surface area contributed by atoms with Crippen molar-refractivity contribution in [1.82, 2.24) is 24.0 Å². The molecule has 0 saturated heterocycles. The van der Waals surface area contributed by atoms with Crippen LogP contribution in [0.15, 0.2) is 33.9 Å². The van der Waals surface area contributed by atoms with Crippen molar-refractivity contribution >= 4 is 17.1 Å².